The summed E-state index contributed by atoms with van der Waals surface area (Å²) in [6, 6.07) is 11.3. The minimum Gasteiger partial charge on any atom is -0.502 e. The fourth-order valence-electron chi connectivity index (χ4n) is 2.72. The van der Waals surface area contributed by atoms with Gasteiger partial charge in [0.1, 0.15) is 0 Å². The first-order chi connectivity index (χ1) is 12.5. The molecule has 7 heteroatoms. The highest BCUT2D eigenvalue weighted by Crippen LogP contribution is 2.26. The number of hydrogen-bond donors (Lipinski definition) is 1. The summed E-state index contributed by atoms with van der Waals surface area (Å²) in [5.41, 5.74) is 1.65. The number of hydrogen-bond acceptors (Lipinski definition) is 6. The Morgan fingerprint density at radius 2 is 1.85 bits per heavy atom. The van der Waals surface area contributed by atoms with Crippen molar-refractivity contribution in [3.8, 4) is 5.75 Å². The van der Waals surface area contributed by atoms with Gasteiger partial charge in [-0.25, -0.2) is 0 Å². The highest BCUT2D eigenvalue weighted by atomic mass is 16.6. The lowest BCUT2D eigenvalue weighted by molar-refractivity contribution is -0.385. The molecule has 1 heterocycles. The van der Waals surface area contributed by atoms with Gasteiger partial charge in [0.25, 0.3) is 0 Å². The molecule has 3 rings (SSSR count). The average Bonchev–Trinajstić information content (AvgIpc) is 2.67. The van der Waals surface area contributed by atoms with Gasteiger partial charge >= 0.3 is 5.69 Å². The van der Waals surface area contributed by atoms with Crippen LogP contribution in [0, 0.1) is 10.1 Å². The first-order valence-electron chi connectivity index (χ1n) is 8.17. The maximum absolute atomic E-state index is 12.3. The van der Waals surface area contributed by atoms with Gasteiger partial charge in [-0.15, -0.1) is 0 Å². The molecule has 0 amide bonds. The number of carbonyl (C=O) groups excluding carboxylic acids is 1. The van der Waals surface area contributed by atoms with Gasteiger partial charge in [0.15, 0.2) is 11.5 Å². The second-order valence-corrected chi connectivity index (χ2v) is 5.85. The van der Waals surface area contributed by atoms with Gasteiger partial charge in [0, 0.05) is 30.4 Å². The number of phenolic OH excluding ortho intramolecular Hbond substituents is 1. The molecule has 0 aliphatic carbocycles. The Bertz CT molecular complexity index is 840. The molecule has 2 aromatic carbocycles. The van der Waals surface area contributed by atoms with Crippen molar-refractivity contribution in [1.29, 1.82) is 0 Å². The Morgan fingerprint density at radius 1 is 1.15 bits per heavy atom. The predicted octanol–water partition coefficient (Wildman–Crippen LogP) is 3.03. The number of allylic oxidation sites excluding steroid dienone is 1. The highest BCUT2D eigenvalue weighted by molar-refractivity contribution is 6.07. The summed E-state index contributed by atoms with van der Waals surface area (Å²) >= 11 is 0. The van der Waals surface area contributed by atoms with Gasteiger partial charge in [-0.3, -0.25) is 14.9 Å². The smallest absolute Gasteiger partial charge is 0.311 e. The number of nitrogens with zero attached hydrogens (tertiary/aromatic N) is 2. The maximum atomic E-state index is 12.3. The molecule has 0 spiro atoms. The molecular weight excluding hydrogens is 336 g/mol. The Labute approximate surface area is 150 Å². The highest BCUT2D eigenvalue weighted by Gasteiger charge is 2.13. The third-order valence-corrected chi connectivity index (χ3v) is 4.15. The molecule has 134 valence electrons. The second kappa shape index (κ2) is 7.79. The predicted molar refractivity (Wildman–Crippen MR) is 97.6 cm³/mol. The number of nitro benzene ring substituents is 1. The van der Waals surface area contributed by atoms with Crippen molar-refractivity contribution in [3.63, 3.8) is 0 Å². The first-order valence-corrected chi connectivity index (χ1v) is 8.17. The first kappa shape index (κ1) is 17.6. The second-order valence-electron chi connectivity index (χ2n) is 5.85. The number of nitro groups is 1. The van der Waals surface area contributed by atoms with Crippen molar-refractivity contribution in [3.05, 3.63) is 69.8 Å². The van der Waals surface area contributed by atoms with Gasteiger partial charge in [-0.1, -0.05) is 12.1 Å². The lowest BCUT2D eigenvalue weighted by atomic mass is 10.1. The summed E-state index contributed by atoms with van der Waals surface area (Å²) in [6.07, 6.45) is 2.85. The van der Waals surface area contributed by atoms with Crippen molar-refractivity contribution in [2.45, 2.75) is 0 Å². The zero-order chi connectivity index (χ0) is 18.5. The van der Waals surface area contributed by atoms with Crippen LogP contribution in [0.4, 0.5) is 11.4 Å². The van der Waals surface area contributed by atoms with Gasteiger partial charge in [-0.05, 0) is 42.0 Å². The molecule has 2 aromatic rings. The van der Waals surface area contributed by atoms with Crippen LogP contribution in [0.25, 0.3) is 6.08 Å². The van der Waals surface area contributed by atoms with Gasteiger partial charge in [0.05, 0.1) is 18.1 Å². The van der Waals surface area contributed by atoms with Gasteiger partial charge < -0.3 is 14.7 Å². The Hall–Kier alpha value is -3.19. The molecule has 7 nitrogen and oxygen atoms in total. The third kappa shape index (κ3) is 4.07. The minimum absolute atomic E-state index is 0.200. The van der Waals surface area contributed by atoms with Crippen molar-refractivity contribution in [1.82, 2.24) is 0 Å². The Morgan fingerprint density at radius 3 is 2.50 bits per heavy atom. The number of rotatable bonds is 5. The van der Waals surface area contributed by atoms with Crippen molar-refractivity contribution < 1.29 is 19.6 Å². The number of aromatic hydroxyl groups is 1. The standard InChI is InChI=1S/C19H18N2O5/c22-18(7-1-14-2-8-19(23)17(13-14)21(24)25)15-3-5-16(6-4-15)20-9-11-26-12-10-20/h1-8,13,23H,9-12H2/b7-1+. The van der Waals surface area contributed by atoms with E-state index in [1.54, 1.807) is 12.1 Å². The Kier molecular flexibility index (Phi) is 5.28. The van der Waals surface area contributed by atoms with Crippen LogP contribution in [0.15, 0.2) is 48.5 Å². The molecule has 0 aromatic heterocycles. The van der Waals surface area contributed by atoms with E-state index < -0.39 is 16.4 Å². The number of ketones is 1. The number of carbonyl (C=O) groups is 1. The molecule has 0 bridgehead atoms. The largest absolute Gasteiger partial charge is 0.502 e. The Balaban J connectivity index is 1.70. The molecule has 1 aliphatic rings. The monoisotopic (exact) mass is 354 g/mol. The number of ether oxygens (including phenoxy) is 1. The molecule has 0 saturated carbocycles. The third-order valence-electron chi connectivity index (χ3n) is 4.15. The average molecular weight is 354 g/mol. The van der Waals surface area contributed by atoms with E-state index in [-0.39, 0.29) is 5.78 Å². The molecule has 0 atom stereocenters. The van der Waals surface area contributed by atoms with E-state index in [2.05, 4.69) is 4.90 Å². The van der Waals surface area contributed by atoms with E-state index in [4.69, 9.17) is 4.74 Å². The van der Waals surface area contributed by atoms with Crippen molar-refractivity contribution in [2.24, 2.45) is 0 Å². The number of benzene rings is 2. The van der Waals surface area contributed by atoms with Crippen LogP contribution in [-0.2, 0) is 4.74 Å². The normalized spacial score (nSPS) is 14.5. The molecule has 1 aliphatic heterocycles. The van der Waals surface area contributed by atoms with Gasteiger partial charge in [0.2, 0.25) is 0 Å². The SMILES string of the molecule is O=C(/C=C/c1ccc(O)c([N+](=O)[O-])c1)c1ccc(N2CCOCC2)cc1. The summed E-state index contributed by atoms with van der Waals surface area (Å²) in [4.78, 5) is 24.7. The maximum Gasteiger partial charge on any atom is 0.311 e. The number of phenols is 1. The summed E-state index contributed by atoms with van der Waals surface area (Å²) in [5, 5.41) is 20.3. The zero-order valence-electron chi connectivity index (χ0n) is 14.0. The van der Waals surface area contributed by atoms with E-state index in [0.717, 1.165) is 18.8 Å². The number of anilines is 1. The van der Waals surface area contributed by atoms with E-state index in [9.17, 15) is 20.0 Å². The molecule has 0 radical (unpaired) electrons. The van der Waals surface area contributed by atoms with Crippen LogP contribution in [0.1, 0.15) is 15.9 Å². The van der Waals surface area contributed by atoms with Crippen LogP contribution in [0.2, 0.25) is 0 Å². The number of morpholine rings is 1. The molecule has 0 unspecified atom stereocenters. The van der Waals surface area contributed by atoms with E-state index in [1.165, 1.54) is 30.4 Å². The van der Waals surface area contributed by atoms with E-state index in [1.807, 2.05) is 12.1 Å². The topological polar surface area (TPSA) is 92.9 Å². The summed E-state index contributed by atoms with van der Waals surface area (Å²) in [5.74, 6) is -0.605. The molecule has 1 saturated heterocycles. The van der Waals surface area contributed by atoms with Crippen LogP contribution in [-0.4, -0.2) is 42.1 Å². The molecule has 1 N–H and O–H groups in total. The molecular formula is C19H18N2O5. The minimum atomic E-state index is -0.668. The van der Waals surface area contributed by atoms with Crippen molar-refractivity contribution in [2.75, 3.05) is 31.2 Å². The lowest BCUT2D eigenvalue weighted by Crippen LogP contribution is -2.36. The van der Waals surface area contributed by atoms with Gasteiger partial charge in [-0.2, -0.15) is 0 Å². The zero-order valence-corrected chi connectivity index (χ0v) is 14.0. The van der Waals surface area contributed by atoms with Crippen LogP contribution in [0.5, 0.6) is 5.75 Å². The molecule has 26 heavy (non-hydrogen) atoms. The van der Waals surface area contributed by atoms with Crippen LogP contribution >= 0.6 is 0 Å². The van der Waals surface area contributed by atoms with E-state index >= 15 is 0 Å². The molecule has 1 fully saturated rings. The van der Waals surface area contributed by atoms with Crippen molar-refractivity contribution >= 4 is 23.2 Å². The van der Waals surface area contributed by atoms with Crippen LogP contribution < -0.4 is 4.90 Å². The lowest BCUT2D eigenvalue weighted by Gasteiger charge is -2.28. The fraction of sp³-hybridized carbons (Fsp3) is 0.211. The van der Waals surface area contributed by atoms with E-state index in [0.29, 0.717) is 24.3 Å². The quantitative estimate of drug-likeness (QED) is 0.384. The summed E-state index contributed by atoms with van der Waals surface area (Å²) < 4.78 is 5.32. The fourth-order valence-corrected chi connectivity index (χ4v) is 2.72. The summed E-state index contributed by atoms with van der Waals surface area (Å²) in [6.45, 7) is 3.05. The van der Waals surface area contributed by atoms with Crippen LogP contribution in [0.3, 0.4) is 0 Å². The summed E-state index contributed by atoms with van der Waals surface area (Å²) in [7, 11) is 0.